The minimum atomic E-state index is -0.317. The first-order chi connectivity index (χ1) is 27.1. The van der Waals surface area contributed by atoms with E-state index in [0.29, 0.717) is 12.5 Å². The molecule has 2 aromatic heterocycles. The Balaban J connectivity index is 0.00000422. The molecule has 0 amide bonds. The maximum Gasteiger partial charge on any atom is 2.00 e. The summed E-state index contributed by atoms with van der Waals surface area (Å²) in [6.07, 6.45) is 1.93. The van der Waals surface area contributed by atoms with Gasteiger partial charge in [0.05, 0.1) is 0 Å². The van der Waals surface area contributed by atoms with E-state index in [1.807, 2.05) is 12.3 Å². The van der Waals surface area contributed by atoms with Crippen molar-refractivity contribution in [3.05, 3.63) is 186 Å². The van der Waals surface area contributed by atoms with Gasteiger partial charge in [0.1, 0.15) is 24.4 Å². The molecule has 282 valence electrons. The Bertz CT molecular complexity index is 2830. The van der Waals surface area contributed by atoms with Crippen molar-refractivity contribution in [3.8, 4) is 16.9 Å². The first-order valence-electron chi connectivity index (χ1n) is 19.4. The number of anilines is 3. The van der Waals surface area contributed by atoms with Gasteiger partial charge in [0.15, 0.2) is 0 Å². The second kappa shape index (κ2) is 14.0. The number of rotatable bonds is 5. The number of ether oxygens (including phenoxy) is 1. The number of hydrogen-bond acceptors (Lipinski definition) is 4. The molecule has 0 fully saturated rings. The van der Waals surface area contributed by atoms with Gasteiger partial charge in [0.25, 0.3) is 0 Å². The summed E-state index contributed by atoms with van der Waals surface area (Å²) in [6, 6.07) is 57.3. The number of fused-ring (bicyclic) bond motifs is 5. The van der Waals surface area contributed by atoms with Crippen molar-refractivity contribution >= 4 is 44.8 Å². The Morgan fingerprint density at radius 1 is 0.719 bits per heavy atom. The largest absolute Gasteiger partial charge is 2.00 e. The predicted octanol–water partition coefficient (Wildman–Crippen LogP) is 12.4. The summed E-state index contributed by atoms with van der Waals surface area (Å²) in [6.45, 7) is 11.9. The predicted molar refractivity (Wildman–Crippen MR) is 229 cm³/mol. The number of hydrogen-bond donors (Lipinski definition) is 0. The van der Waals surface area contributed by atoms with Gasteiger partial charge in [-0.3, -0.25) is 4.99 Å². The SMILES string of the molecule is CC(C)(C)c1ccnc(-n2c3[c-]c4c(cc3c3ccccc32)C(C)(C)c2ccccc2N4c2[c-]c(C3=N[C@H](c4ccccc4)CO3)cc(-c3ccccc3)c2)c1.[Pt+2]. The second-order valence-electron chi connectivity index (χ2n) is 16.5. The molecule has 8 aromatic rings. The molecule has 0 N–H and O–H groups in total. The number of benzene rings is 6. The molecule has 0 radical (unpaired) electrons. The third-order valence-electron chi connectivity index (χ3n) is 11.5. The quantitative estimate of drug-likeness (QED) is 0.162. The zero-order valence-corrected chi connectivity index (χ0v) is 34.9. The number of aromatic nitrogens is 2. The van der Waals surface area contributed by atoms with Crippen LogP contribution < -0.4 is 4.90 Å². The van der Waals surface area contributed by atoms with Crippen molar-refractivity contribution in [3.63, 3.8) is 0 Å². The van der Waals surface area contributed by atoms with E-state index in [4.69, 9.17) is 14.7 Å². The maximum atomic E-state index is 6.38. The van der Waals surface area contributed by atoms with E-state index in [9.17, 15) is 0 Å². The number of nitrogens with zero attached hydrogens (tertiary/aromatic N) is 4. The molecule has 57 heavy (non-hydrogen) atoms. The van der Waals surface area contributed by atoms with Crippen molar-refractivity contribution in [2.45, 2.75) is 51.5 Å². The van der Waals surface area contributed by atoms with Crippen LogP contribution in [0.1, 0.15) is 68.5 Å². The third kappa shape index (κ3) is 6.20. The van der Waals surface area contributed by atoms with Gasteiger partial charge in [0.2, 0.25) is 0 Å². The monoisotopic (exact) mass is 921 g/mol. The molecule has 0 saturated carbocycles. The Labute approximate surface area is 349 Å². The van der Waals surface area contributed by atoms with Gasteiger partial charge in [0, 0.05) is 17.4 Å². The standard InChI is InChI=1S/C51H42N4O.Pt/c1-50(2,3)37-24-25-52-48(29-37)55-44-22-14-12-20-39(44)40-30-42-47(31-46(40)55)54(45-23-15-13-21-41(45)51(42,4)5)38-27-35(33-16-8-6-9-17-33)26-36(28-38)49-53-43(32-56-49)34-18-10-7-11-19-34;/h6-27,29-30,43H,32H2,1-5H3;/q-2;+2/t43-;/m0./s1. The molecule has 0 aliphatic carbocycles. The average Bonchev–Trinajstić information content (AvgIpc) is 3.85. The summed E-state index contributed by atoms with van der Waals surface area (Å²) in [5, 5.41) is 2.33. The van der Waals surface area contributed by atoms with Crippen LogP contribution in [-0.4, -0.2) is 22.1 Å². The average molecular weight is 922 g/mol. The van der Waals surface area contributed by atoms with E-state index >= 15 is 0 Å². The van der Waals surface area contributed by atoms with Gasteiger partial charge in [-0.25, -0.2) is 4.98 Å². The maximum absolute atomic E-state index is 6.38. The fourth-order valence-electron chi connectivity index (χ4n) is 8.49. The van der Waals surface area contributed by atoms with Gasteiger partial charge in [-0.1, -0.05) is 154 Å². The number of para-hydroxylation sites is 2. The van der Waals surface area contributed by atoms with E-state index in [1.54, 1.807) is 0 Å². The summed E-state index contributed by atoms with van der Waals surface area (Å²) < 4.78 is 8.67. The molecule has 4 heterocycles. The van der Waals surface area contributed by atoms with E-state index in [0.717, 1.165) is 61.6 Å². The van der Waals surface area contributed by atoms with Crippen LogP contribution in [0.3, 0.4) is 0 Å². The summed E-state index contributed by atoms with van der Waals surface area (Å²) in [5.74, 6) is 1.49. The molecule has 6 aromatic carbocycles. The van der Waals surface area contributed by atoms with Crippen molar-refractivity contribution in [1.29, 1.82) is 0 Å². The molecule has 5 nitrogen and oxygen atoms in total. The van der Waals surface area contributed by atoms with Gasteiger partial charge in [-0.2, -0.15) is 6.07 Å². The van der Waals surface area contributed by atoms with Gasteiger partial charge < -0.3 is 14.2 Å². The Morgan fingerprint density at radius 2 is 1.44 bits per heavy atom. The fraction of sp³-hybridized carbons (Fsp3) is 0.176. The Hall–Kier alpha value is -5.77. The molecular weight excluding hydrogens is 880 g/mol. The molecule has 0 spiro atoms. The van der Waals surface area contributed by atoms with Crippen LogP contribution in [0.4, 0.5) is 17.1 Å². The van der Waals surface area contributed by atoms with E-state index < -0.39 is 0 Å². The first kappa shape index (κ1) is 36.8. The zero-order valence-electron chi connectivity index (χ0n) is 32.7. The van der Waals surface area contributed by atoms with Gasteiger partial charge in [-0.05, 0) is 68.4 Å². The van der Waals surface area contributed by atoms with Crippen LogP contribution in [0.5, 0.6) is 0 Å². The summed E-state index contributed by atoms with van der Waals surface area (Å²) in [5.41, 5.74) is 12.5. The van der Waals surface area contributed by atoms with Crippen molar-refractivity contribution < 1.29 is 25.8 Å². The number of aliphatic imine (C=N–C) groups is 1. The van der Waals surface area contributed by atoms with E-state index in [2.05, 4.69) is 190 Å². The van der Waals surface area contributed by atoms with Crippen LogP contribution in [0.15, 0.2) is 151 Å². The fourth-order valence-corrected chi connectivity index (χ4v) is 8.49. The molecule has 10 rings (SSSR count). The molecule has 1 atom stereocenters. The molecule has 0 bridgehead atoms. The summed E-state index contributed by atoms with van der Waals surface area (Å²) in [4.78, 5) is 12.4. The van der Waals surface area contributed by atoms with E-state index in [-0.39, 0.29) is 37.9 Å². The summed E-state index contributed by atoms with van der Waals surface area (Å²) >= 11 is 0. The molecule has 0 saturated heterocycles. The smallest absolute Gasteiger partial charge is 0.518 e. The van der Waals surface area contributed by atoms with Crippen LogP contribution in [0, 0.1) is 12.1 Å². The molecular formula is C51H42N4OPt. The Kier molecular flexibility index (Phi) is 9.05. The van der Waals surface area contributed by atoms with Crippen molar-refractivity contribution in [2.75, 3.05) is 11.5 Å². The molecule has 2 aliphatic rings. The number of pyridine rings is 1. The minimum absolute atomic E-state index is 0. The van der Waals surface area contributed by atoms with Crippen LogP contribution >= 0.6 is 0 Å². The van der Waals surface area contributed by atoms with Gasteiger partial charge >= 0.3 is 21.1 Å². The van der Waals surface area contributed by atoms with Crippen LogP contribution in [-0.2, 0) is 36.6 Å². The zero-order chi connectivity index (χ0) is 38.2. The second-order valence-corrected chi connectivity index (χ2v) is 16.5. The first-order valence-corrected chi connectivity index (χ1v) is 19.4. The van der Waals surface area contributed by atoms with Gasteiger partial charge in [-0.15, -0.1) is 35.2 Å². The molecule has 6 heteroatoms. The molecule has 0 unspecified atom stereocenters. The topological polar surface area (TPSA) is 42.7 Å². The van der Waals surface area contributed by atoms with Crippen molar-refractivity contribution in [1.82, 2.24) is 9.55 Å². The van der Waals surface area contributed by atoms with Crippen LogP contribution in [0.2, 0.25) is 0 Å². The van der Waals surface area contributed by atoms with Crippen LogP contribution in [0.25, 0.3) is 38.8 Å². The molecule has 2 aliphatic heterocycles. The van der Waals surface area contributed by atoms with Crippen molar-refractivity contribution in [2.24, 2.45) is 4.99 Å². The third-order valence-corrected chi connectivity index (χ3v) is 11.5. The minimum Gasteiger partial charge on any atom is -0.518 e. The normalized spacial score (nSPS) is 15.8. The van der Waals surface area contributed by atoms with E-state index in [1.165, 1.54) is 22.1 Å². The Morgan fingerprint density at radius 3 is 2.23 bits per heavy atom. The summed E-state index contributed by atoms with van der Waals surface area (Å²) in [7, 11) is 0.